The number of aromatic nitrogens is 2. The molecule has 25 heavy (non-hydrogen) atoms. The Hall–Kier alpha value is -1.73. The van der Waals surface area contributed by atoms with E-state index >= 15 is 0 Å². The maximum Gasteiger partial charge on any atom is 0.286 e. The Labute approximate surface area is 149 Å². The SMILES string of the molecule is COC1(C(C)N[C@@H]2CCN(c3nc(C(N)=O)nc(C)c3C)C2)CCC1. The van der Waals surface area contributed by atoms with E-state index in [4.69, 9.17) is 10.5 Å². The van der Waals surface area contributed by atoms with Gasteiger partial charge in [-0.25, -0.2) is 9.97 Å². The summed E-state index contributed by atoms with van der Waals surface area (Å²) in [7, 11) is 1.82. The normalized spacial score (nSPS) is 23.4. The molecule has 1 amide bonds. The van der Waals surface area contributed by atoms with Gasteiger partial charge in [0.05, 0.1) is 5.60 Å². The molecule has 1 saturated carbocycles. The topological polar surface area (TPSA) is 93.4 Å². The van der Waals surface area contributed by atoms with Crippen LogP contribution >= 0.6 is 0 Å². The van der Waals surface area contributed by atoms with Gasteiger partial charge in [0.1, 0.15) is 5.82 Å². The van der Waals surface area contributed by atoms with Gasteiger partial charge >= 0.3 is 0 Å². The fourth-order valence-corrected chi connectivity index (χ4v) is 3.97. The lowest BCUT2D eigenvalue weighted by molar-refractivity contribution is -0.0957. The number of hydrogen-bond acceptors (Lipinski definition) is 6. The van der Waals surface area contributed by atoms with Crippen LogP contribution in [0.3, 0.4) is 0 Å². The molecule has 1 aromatic heterocycles. The summed E-state index contributed by atoms with van der Waals surface area (Å²) < 4.78 is 5.79. The zero-order valence-corrected chi connectivity index (χ0v) is 15.6. The lowest BCUT2D eigenvalue weighted by Crippen LogP contribution is -2.57. The number of ether oxygens (including phenoxy) is 1. The highest BCUT2D eigenvalue weighted by atomic mass is 16.5. The standard InChI is InChI=1S/C18H29N5O2/c1-11-12(2)20-16(15(19)24)22-17(11)23-9-6-14(10-23)21-13(3)18(25-4)7-5-8-18/h13-14,21H,5-10H2,1-4H3,(H2,19,24)/t13?,14-/m1/s1. The molecule has 2 heterocycles. The third-order valence-corrected chi connectivity index (χ3v) is 5.95. The van der Waals surface area contributed by atoms with Gasteiger partial charge in [-0.3, -0.25) is 4.79 Å². The predicted octanol–water partition coefficient (Wildman–Crippen LogP) is 1.32. The molecule has 0 bridgehead atoms. The Balaban J connectivity index is 1.70. The molecule has 2 fully saturated rings. The van der Waals surface area contributed by atoms with Crippen LogP contribution in [0.25, 0.3) is 0 Å². The Morgan fingerprint density at radius 1 is 1.40 bits per heavy atom. The molecule has 2 atom stereocenters. The number of amides is 1. The van der Waals surface area contributed by atoms with Gasteiger partial charge in [0.25, 0.3) is 5.91 Å². The minimum absolute atomic E-state index is 0.00597. The van der Waals surface area contributed by atoms with E-state index in [2.05, 4.69) is 27.1 Å². The minimum Gasteiger partial charge on any atom is -0.377 e. The van der Waals surface area contributed by atoms with Gasteiger partial charge in [-0.05, 0) is 46.5 Å². The van der Waals surface area contributed by atoms with Crippen LogP contribution in [0.4, 0.5) is 5.82 Å². The first-order valence-corrected chi connectivity index (χ1v) is 9.07. The van der Waals surface area contributed by atoms with Gasteiger partial charge in [0.15, 0.2) is 0 Å². The fraction of sp³-hybridized carbons (Fsp3) is 0.722. The number of aryl methyl sites for hydroxylation is 1. The largest absolute Gasteiger partial charge is 0.377 e. The number of hydrogen-bond donors (Lipinski definition) is 2. The number of methoxy groups -OCH3 is 1. The Morgan fingerprint density at radius 2 is 2.12 bits per heavy atom. The molecule has 3 rings (SSSR count). The van der Waals surface area contributed by atoms with Crippen molar-refractivity contribution in [2.24, 2.45) is 5.73 Å². The molecule has 1 aliphatic carbocycles. The van der Waals surface area contributed by atoms with Crippen molar-refractivity contribution < 1.29 is 9.53 Å². The monoisotopic (exact) mass is 347 g/mol. The molecule has 0 radical (unpaired) electrons. The summed E-state index contributed by atoms with van der Waals surface area (Å²) in [5.41, 5.74) is 7.17. The van der Waals surface area contributed by atoms with E-state index in [1.54, 1.807) is 0 Å². The van der Waals surface area contributed by atoms with E-state index in [1.165, 1.54) is 6.42 Å². The van der Waals surface area contributed by atoms with Crippen LogP contribution in [-0.2, 0) is 4.74 Å². The molecule has 138 valence electrons. The van der Waals surface area contributed by atoms with E-state index in [9.17, 15) is 4.79 Å². The van der Waals surface area contributed by atoms with E-state index in [-0.39, 0.29) is 11.4 Å². The predicted molar refractivity (Wildman–Crippen MR) is 96.8 cm³/mol. The van der Waals surface area contributed by atoms with Crippen LogP contribution in [0, 0.1) is 13.8 Å². The van der Waals surface area contributed by atoms with Crippen LogP contribution in [0.2, 0.25) is 0 Å². The first-order chi connectivity index (χ1) is 11.9. The highest BCUT2D eigenvalue weighted by Crippen LogP contribution is 2.38. The quantitative estimate of drug-likeness (QED) is 0.806. The Kier molecular flexibility index (Phi) is 4.97. The van der Waals surface area contributed by atoms with Crippen LogP contribution < -0.4 is 16.0 Å². The summed E-state index contributed by atoms with van der Waals surface area (Å²) in [6, 6.07) is 0.708. The average Bonchev–Trinajstić information content (AvgIpc) is 2.97. The summed E-state index contributed by atoms with van der Waals surface area (Å²) in [4.78, 5) is 22.3. The molecule has 1 aliphatic heterocycles. The number of nitrogens with zero attached hydrogens (tertiary/aromatic N) is 3. The van der Waals surface area contributed by atoms with Crippen molar-refractivity contribution >= 4 is 11.7 Å². The number of primary amides is 1. The van der Waals surface area contributed by atoms with Gasteiger partial charge < -0.3 is 20.7 Å². The lowest BCUT2D eigenvalue weighted by atomic mass is 9.75. The second kappa shape index (κ2) is 6.88. The third-order valence-electron chi connectivity index (χ3n) is 5.95. The van der Waals surface area contributed by atoms with Crippen LogP contribution in [0.15, 0.2) is 0 Å². The van der Waals surface area contributed by atoms with Crippen molar-refractivity contribution in [2.75, 3.05) is 25.1 Å². The molecule has 2 aliphatic rings. The van der Waals surface area contributed by atoms with E-state index < -0.39 is 5.91 Å². The van der Waals surface area contributed by atoms with Gasteiger partial charge in [0, 0.05) is 43.5 Å². The summed E-state index contributed by atoms with van der Waals surface area (Å²) in [6.07, 6.45) is 4.53. The lowest BCUT2D eigenvalue weighted by Gasteiger charge is -2.46. The van der Waals surface area contributed by atoms with E-state index in [1.807, 2.05) is 21.0 Å². The van der Waals surface area contributed by atoms with Crippen molar-refractivity contribution in [3.8, 4) is 0 Å². The molecular formula is C18H29N5O2. The van der Waals surface area contributed by atoms with Crippen LogP contribution in [-0.4, -0.2) is 53.8 Å². The summed E-state index contributed by atoms with van der Waals surface area (Å²) in [5.74, 6) is 0.331. The van der Waals surface area contributed by atoms with Crippen molar-refractivity contribution in [3.05, 3.63) is 17.1 Å². The number of anilines is 1. The molecule has 1 aromatic rings. The second-order valence-electron chi connectivity index (χ2n) is 7.39. The second-order valence-corrected chi connectivity index (χ2v) is 7.39. The van der Waals surface area contributed by atoms with E-state index in [0.29, 0.717) is 12.1 Å². The van der Waals surface area contributed by atoms with Crippen molar-refractivity contribution in [3.63, 3.8) is 0 Å². The molecular weight excluding hydrogens is 318 g/mol. The zero-order chi connectivity index (χ0) is 18.2. The fourth-order valence-electron chi connectivity index (χ4n) is 3.97. The van der Waals surface area contributed by atoms with Crippen LogP contribution in [0.1, 0.15) is 54.5 Å². The highest BCUT2D eigenvalue weighted by Gasteiger charge is 2.43. The summed E-state index contributed by atoms with van der Waals surface area (Å²) in [5, 5.41) is 3.74. The molecule has 1 saturated heterocycles. The third kappa shape index (κ3) is 3.35. The molecule has 7 nitrogen and oxygen atoms in total. The number of nitrogens with two attached hydrogens (primary N) is 1. The molecule has 1 unspecified atom stereocenters. The maximum absolute atomic E-state index is 11.5. The summed E-state index contributed by atoms with van der Waals surface area (Å²) >= 11 is 0. The van der Waals surface area contributed by atoms with Gasteiger partial charge in [-0.15, -0.1) is 0 Å². The van der Waals surface area contributed by atoms with Crippen molar-refractivity contribution in [2.45, 2.75) is 64.1 Å². The van der Waals surface area contributed by atoms with E-state index in [0.717, 1.165) is 49.4 Å². The number of nitrogens with one attached hydrogen (secondary N) is 1. The average molecular weight is 347 g/mol. The van der Waals surface area contributed by atoms with Crippen molar-refractivity contribution in [1.29, 1.82) is 0 Å². The first-order valence-electron chi connectivity index (χ1n) is 9.07. The Morgan fingerprint density at radius 3 is 2.68 bits per heavy atom. The molecule has 0 aromatic carbocycles. The van der Waals surface area contributed by atoms with Gasteiger partial charge in [-0.2, -0.15) is 0 Å². The van der Waals surface area contributed by atoms with Crippen molar-refractivity contribution in [1.82, 2.24) is 15.3 Å². The Bertz CT molecular complexity index is 654. The number of rotatable bonds is 6. The molecule has 0 spiro atoms. The van der Waals surface area contributed by atoms with Gasteiger partial charge in [0.2, 0.25) is 5.82 Å². The maximum atomic E-state index is 11.5. The first kappa shape index (κ1) is 18.1. The minimum atomic E-state index is -0.584. The highest BCUT2D eigenvalue weighted by molar-refractivity contribution is 5.89. The number of carbonyl (C=O) groups excluding carboxylic acids is 1. The molecule has 7 heteroatoms. The van der Waals surface area contributed by atoms with Crippen LogP contribution in [0.5, 0.6) is 0 Å². The number of carbonyl (C=O) groups is 1. The zero-order valence-electron chi connectivity index (χ0n) is 15.6. The molecule has 3 N–H and O–H groups in total. The van der Waals surface area contributed by atoms with Gasteiger partial charge in [-0.1, -0.05) is 0 Å². The smallest absolute Gasteiger partial charge is 0.286 e. The summed E-state index contributed by atoms with van der Waals surface area (Å²) in [6.45, 7) is 7.86.